The van der Waals surface area contributed by atoms with Gasteiger partial charge in [-0.25, -0.2) is 0 Å². The highest BCUT2D eigenvalue weighted by molar-refractivity contribution is 7.21. The maximum atomic E-state index is 13.4. The van der Waals surface area contributed by atoms with E-state index >= 15 is 0 Å². The van der Waals surface area contributed by atoms with Crippen molar-refractivity contribution in [2.24, 2.45) is 5.92 Å². The molecular weight excluding hydrogens is 574 g/mol. The second-order valence-electron chi connectivity index (χ2n) is 10.0. The van der Waals surface area contributed by atoms with Crippen LogP contribution < -0.4 is 15.4 Å². The number of ether oxygens (including phenoxy) is 1. The van der Waals surface area contributed by atoms with Gasteiger partial charge in [0.15, 0.2) is 6.23 Å². The Morgan fingerprint density at radius 2 is 1.88 bits per heavy atom. The molecule has 3 aromatic rings. The van der Waals surface area contributed by atoms with Crippen LogP contribution in [0.25, 0.3) is 10.1 Å². The molecule has 3 atom stereocenters. The van der Waals surface area contributed by atoms with Crippen LogP contribution in [0.15, 0.2) is 36.4 Å². The highest BCUT2D eigenvalue weighted by Gasteiger charge is 2.42. The van der Waals surface area contributed by atoms with Gasteiger partial charge < -0.3 is 25.6 Å². The summed E-state index contributed by atoms with van der Waals surface area (Å²) in [5.74, 6) is -1.99. The predicted molar refractivity (Wildman–Crippen MR) is 143 cm³/mol. The molecule has 0 radical (unpaired) electrons. The van der Waals surface area contributed by atoms with Crippen LogP contribution in [-0.2, 0) is 12.6 Å². The second kappa shape index (κ2) is 12.5. The SMILES string of the molecule is COc1ccc(CCCO)cc1C(O)Nc1c(C(=O)NC2CCCC(C(F)(F)F)C2)sc2cc(C(F)(F)F)ccc12. The predicted octanol–water partition coefficient (Wildman–Crippen LogP) is 6.81. The lowest BCUT2D eigenvalue weighted by atomic mass is 9.85. The van der Waals surface area contributed by atoms with Gasteiger partial charge in [0.05, 0.1) is 24.3 Å². The molecule has 41 heavy (non-hydrogen) atoms. The molecule has 1 saturated carbocycles. The first-order valence-corrected chi connectivity index (χ1v) is 13.9. The third-order valence-electron chi connectivity index (χ3n) is 7.19. The Balaban J connectivity index is 1.69. The Hall–Kier alpha value is -3.03. The molecule has 0 aliphatic heterocycles. The van der Waals surface area contributed by atoms with Crippen molar-refractivity contribution in [2.45, 2.75) is 63.1 Å². The van der Waals surface area contributed by atoms with Gasteiger partial charge in [-0.2, -0.15) is 26.3 Å². The van der Waals surface area contributed by atoms with Gasteiger partial charge in [-0.05, 0) is 61.9 Å². The Kier molecular flexibility index (Phi) is 9.39. The molecule has 0 saturated heterocycles. The van der Waals surface area contributed by atoms with Gasteiger partial charge in [0.2, 0.25) is 0 Å². The summed E-state index contributed by atoms with van der Waals surface area (Å²) in [6.07, 6.45) is -9.21. The number of carbonyl (C=O) groups excluding carboxylic acids is 1. The van der Waals surface area contributed by atoms with Crippen LogP contribution >= 0.6 is 11.3 Å². The fourth-order valence-electron chi connectivity index (χ4n) is 5.10. The van der Waals surface area contributed by atoms with E-state index in [4.69, 9.17) is 9.84 Å². The van der Waals surface area contributed by atoms with E-state index < -0.39 is 42.0 Å². The van der Waals surface area contributed by atoms with Crippen molar-refractivity contribution in [1.29, 1.82) is 0 Å². The van der Waals surface area contributed by atoms with Crippen LogP contribution in [0, 0.1) is 5.92 Å². The highest BCUT2D eigenvalue weighted by Crippen LogP contribution is 2.42. The number of fused-ring (bicyclic) bond motifs is 1. The number of methoxy groups -OCH3 is 1. The first-order valence-electron chi connectivity index (χ1n) is 13.1. The Morgan fingerprint density at radius 3 is 2.54 bits per heavy atom. The number of aliphatic hydroxyl groups excluding tert-OH is 2. The van der Waals surface area contributed by atoms with Gasteiger partial charge in [-0.15, -0.1) is 11.3 Å². The second-order valence-corrected chi connectivity index (χ2v) is 11.1. The van der Waals surface area contributed by atoms with Gasteiger partial charge in [-0.3, -0.25) is 4.79 Å². The first kappa shape index (κ1) is 30.9. The number of carbonyl (C=O) groups is 1. The minimum atomic E-state index is -4.63. The Labute approximate surface area is 236 Å². The van der Waals surface area contributed by atoms with Crippen molar-refractivity contribution in [2.75, 3.05) is 19.0 Å². The summed E-state index contributed by atoms with van der Waals surface area (Å²) in [4.78, 5) is 13.3. The maximum Gasteiger partial charge on any atom is 0.416 e. The van der Waals surface area contributed by atoms with Gasteiger partial charge in [0, 0.05) is 28.3 Å². The third-order valence-corrected chi connectivity index (χ3v) is 8.34. The number of amides is 1. The summed E-state index contributed by atoms with van der Waals surface area (Å²) in [5.41, 5.74) is 0.203. The molecule has 224 valence electrons. The van der Waals surface area contributed by atoms with Crippen molar-refractivity contribution in [3.05, 3.63) is 58.0 Å². The number of nitrogens with one attached hydrogen (secondary N) is 2. The van der Waals surface area contributed by atoms with Crippen molar-refractivity contribution < 1.29 is 46.1 Å². The summed E-state index contributed by atoms with van der Waals surface area (Å²) in [5, 5.41) is 26.0. The molecule has 1 heterocycles. The molecule has 4 rings (SSSR count). The number of halogens is 6. The zero-order valence-electron chi connectivity index (χ0n) is 22.0. The summed E-state index contributed by atoms with van der Waals surface area (Å²) in [6.45, 7) is -0.0356. The minimum absolute atomic E-state index is 0.0306. The molecular formula is C28H30F6N2O4S. The van der Waals surface area contributed by atoms with E-state index in [0.29, 0.717) is 30.6 Å². The molecule has 0 bridgehead atoms. The van der Waals surface area contributed by atoms with E-state index in [1.54, 1.807) is 18.2 Å². The molecule has 1 amide bonds. The molecule has 0 spiro atoms. The van der Waals surface area contributed by atoms with Crippen molar-refractivity contribution >= 4 is 33.0 Å². The van der Waals surface area contributed by atoms with Crippen molar-refractivity contribution in [3.63, 3.8) is 0 Å². The number of alkyl halides is 6. The number of anilines is 1. The summed E-state index contributed by atoms with van der Waals surface area (Å²) in [7, 11) is 1.40. The van der Waals surface area contributed by atoms with Crippen molar-refractivity contribution in [3.8, 4) is 5.75 Å². The van der Waals surface area contributed by atoms with Crippen LogP contribution in [0.1, 0.15) is 64.7 Å². The minimum Gasteiger partial charge on any atom is -0.496 e. The molecule has 1 fully saturated rings. The van der Waals surface area contributed by atoms with Crippen LogP contribution in [0.5, 0.6) is 5.75 Å². The zero-order valence-corrected chi connectivity index (χ0v) is 22.8. The lowest BCUT2D eigenvalue weighted by Gasteiger charge is -2.31. The average Bonchev–Trinajstić information content (AvgIpc) is 3.28. The number of aryl methyl sites for hydroxylation is 1. The number of aliphatic hydroxyl groups is 2. The molecule has 3 unspecified atom stereocenters. The summed E-state index contributed by atoms with van der Waals surface area (Å²) >= 11 is 0.752. The molecule has 1 aromatic heterocycles. The zero-order chi connectivity index (χ0) is 29.9. The smallest absolute Gasteiger partial charge is 0.416 e. The fraction of sp³-hybridized carbons (Fsp3) is 0.464. The van der Waals surface area contributed by atoms with Crippen LogP contribution in [0.2, 0.25) is 0 Å². The highest BCUT2D eigenvalue weighted by atomic mass is 32.1. The quantitative estimate of drug-likeness (QED) is 0.159. The normalized spacial score (nSPS) is 18.8. The molecule has 13 heteroatoms. The molecule has 6 nitrogen and oxygen atoms in total. The lowest BCUT2D eigenvalue weighted by molar-refractivity contribution is -0.183. The van der Waals surface area contributed by atoms with Gasteiger partial charge in [0.1, 0.15) is 10.6 Å². The average molecular weight is 605 g/mol. The fourth-order valence-corrected chi connectivity index (χ4v) is 6.20. The van der Waals surface area contributed by atoms with Crippen molar-refractivity contribution in [1.82, 2.24) is 5.32 Å². The molecule has 1 aliphatic carbocycles. The largest absolute Gasteiger partial charge is 0.496 e. The number of benzene rings is 2. The van der Waals surface area contributed by atoms with Gasteiger partial charge in [-0.1, -0.05) is 18.6 Å². The van der Waals surface area contributed by atoms with Gasteiger partial charge >= 0.3 is 12.4 Å². The summed E-state index contributed by atoms with van der Waals surface area (Å²) < 4.78 is 85.6. The van der Waals surface area contributed by atoms with E-state index in [1.807, 2.05) is 0 Å². The van der Waals surface area contributed by atoms with E-state index in [2.05, 4.69) is 10.6 Å². The van der Waals surface area contributed by atoms with Crippen LogP contribution in [-0.4, -0.2) is 42.1 Å². The van der Waals surface area contributed by atoms with E-state index in [1.165, 1.54) is 13.2 Å². The van der Waals surface area contributed by atoms with Gasteiger partial charge in [0.25, 0.3) is 5.91 Å². The first-order chi connectivity index (χ1) is 19.3. The Morgan fingerprint density at radius 1 is 1.12 bits per heavy atom. The van der Waals surface area contributed by atoms with Crippen LogP contribution in [0.4, 0.5) is 32.0 Å². The number of rotatable bonds is 9. The number of hydrogen-bond acceptors (Lipinski definition) is 6. The van der Waals surface area contributed by atoms with E-state index in [9.17, 15) is 36.2 Å². The Bertz CT molecular complexity index is 1370. The topological polar surface area (TPSA) is 90.8 Å². The lowest BCUT2D eigenvalue weighted by Crippen LogP contribution is -2.41. The molecule has 4 N–H and O–H groups in total. The number of hydrogen-bond donors (Lipinski definition) is 4. The maximum absolute atomic E-state index is 13.4. The van der Waals surface area contributed by atoms with E-state index in [0.717, 1.165) is 29.0 Å². The summed E-state index contributed by atoms with van der Waals surface area (Å²) in [6, 6.07) is 7.23. The molecule has 2 aromatic carbocycles. The monoisotopic (exact) mass is 604 g/mol. The van der Waals surface area contributed by atoms with E-state index in [-0.39, 0.29) is 46.5 Å². The number of thiophene rings is 1. The standard InChI is InChI=1S/C28H30F6N2O4S/c1-40-21-10-7-15(4-3-11-37)12-20(21)25(38)36-23-19-9-8-17(28(32,33)34)14-22(19)41-24(23)26(39)35-18-6-2-5-16(13-18)27(29,30)31/h7-10,12,14,16,18,25,36-38H,2-6,11,13H2,1H3,(H,35,39). The molecule has 1 aliphatic rings. The van der Waals surface area contributed by atoms with Crippen LogP contribution in [0.3, 0.4) is 0 Å². The third kappa shape index (κ3) is 7.25.